The lowest BCUT2D eigenvalue weighted by molar-refractivity contribution is 0.0307. The third-order valence-electron chi connectivity index (χ3n) is 2.82. The largest absolute Gasteiger partial charge is 0.393 e. The van der Waals surface area contributed by atoms with Crippen LogP contribution in [0.3, 0.4) is 0 Å². The summed E-state index contributed by atoms with van der Waals surface area (Å²) in [7, 11) is 2.00. The molecule has 3 nitrogen and oxygen atoms in total. The van der Waals surface area contributed by atoms with E-state index in [1.807, 2.05) is 20.9 Å². The van der Waals surface area contributed by atoms with Gasteiger partial charge in [0.05, 0.1) is 11.7 Å². The van der Waals surface area contributed by atoms with Crippen molar-refractivity contribution in [3.63, 3.8) is 0 Å². The van der Waals surface area contributed by atoms with Crippen LogP contribution in [0.5, 0.6) is 0 Å². The molecule has 0 aromatic heterocycles. The van der Waals surface area contributed by atoms with E-state index in [-0.39, 0.29) is 6.10 Å². The van der Waals surface area contributed by atoms with E-state index in [1.165, 1.54) is 0 Å². The van der Waals surface area contributed by atoms with Crippen molar-refractivity contribution < 1.29 is 10.2 Å². The fourth-order valence-corrected chi connectivity index (χ4v) is 2.36. The molecule has 1 aliphatic carbocycles. The quantitative estimate of drug-likeness (QED) is 0.708. The maximum Gasteiger partial charge on any atom is 0.0718 e. The molecule has 0 aromatic rings. The number of aliphatic hydroxyl groups excluding tert-OH is 1. The first kappa shape index (κ1) is 12.0. The molecule has 1 aliphatic rings. The van der Waals surface area contributed by atoms with Crippen LogP contribution >= 0.6 is 0 Å². The Labute approximate surface area is 86.7 Å². The zero-order valence-corrected chi connectivity index (χ0v) is 9.53. The molecule has 2 atom stereocenters. The van der Waals surface area contributed by atoms with Crippen LogP contribution < -0.4 is 0 Å². The molecule has 0 bridgehead atoms. The van der Waals surface area contributed by atoms with Crippen LogP contribution in [0.15, 0.2) is 0 Å². The molecular weight excluding hydrogens is 178 g/mol. The minimum absolute atomic E-state index is 0.126. The van der Waals surface area contributed by atoms with Crippen molar-refractivity contribution in [1.29, 1.82) is 0 Å². The number of aliphatic hydroxyl groups is 2. The van der Waals surface area contributed by atoms with Gasteiger partial charge in [0.15, 0.2) is 0 Å². The van der Waals surface area contributed by atoms with Gasteiger partial charge in [-0.15, -0.1) is 0 Å². The highest BCUT2D eigenvalue weighted by Gasteiger charge is 2.27. The highest BCUT2D eigenvalue weighted by molar-refractivity contribution is 4.80. The van der Waals surface area contributed by atoms with Gasteiger partial charge >= 0.3 is 0 Å². The predicted octanol–water partition coefficient (Wildman–Crippen LogP) is 0.850. The van der Waals surface area contributed by atoms with Crippen molar-refractivity contribution >= 4 is 0 Å². The smallest absolute Gasteiger partial charge is 0.0718 e. The highest BCUT2D eigenvalue weighted by Crippen LogP contribution is 2.26. The standard InChI is InChI=1S/C11H23NO2/c1-11(2,14)8-12(3)7-9-5-4-6-10(9)13/h9-10,13-14H,4-8H2,1-3H3. The Morgan fingerprint density at radius 1 is 1.36 bits per heavy atom. The lowest BCUT2D eigenvalue weighted by Gasteiger charge is -2.28. The second-order valence-electron chi connectivity index (χ2n) is 5.27. The third-order valence-corrected chi connectivity index (χ3v) is 2.82. The second-order valence-corrected chi connectivity index (χ2v) is 5.27. The maximum atomic E-state index is 9.65. The average molecular weight is 201 g/mol. The topological polar surface area (TPSA) is 43.7 Å². The van der Waals surface area contributed by atoms with Crippen LogP contribution in [0.2, 0.25) is 0 Å². The molecule has 84 valence electrons. The second kappa shape index (κ2) is 4.60. The van der Waals surface area contributed by atoms with Gasteiger partial charge in [0.1, 0.15) is 0 Å². The summed E-state index contributed by atoms with van der Waals surface area (Å²) in [5.74, 6) is 0.405. The van der Waals surface area contributed by atoms with Crippen molar-refractivity contribution in [2.45, 2.75) is 44.8 Å². The first-order valence-electron chi connectivity index (χ1n) is 5.47. The van der Waals surface area contributed by atoms with Crippen LogP contribution in [0.25, 0.3) is 0 Å². The predicted molar refractivity (Wildman–Crippen MR) is 57.1 cm³/mol. The Balaban J connectivity index is 2.29. The molecule has 14 heavy (non-hydrogen) atoms. The van der Waals surface area contributed by atoms with E-state index >= 15 is 0 Å². The summed E-state index contributed by atoms with van der Waals surface area (Å²) in [6, 6.07) is 0. The van der Waals surface area contributed by atoms with Gasteiger partial charge in [-0.25, -0.2) is 0 Å². The Morgan fingerprint density at radius 3 is 2.43 bits per heavy atom. The molecule has 1 fully saturated rings. The van der Waals surface area contributed by atoms with E-state index < -0.39 is 5.60 Å². The lowest BCUT2D eigenvalue weighted by Crippen LogP contribution is -2.39. The van der Waals surface area contributed by atoms with E-state index in [4.69, 9.17) is 0 Å². The molecule has 0 saturated heterocycles. The number of hydrogen-bond donors (Lipinski definition) is 2. The molecule has 0 heterocycles. The number of nitrogens with zero attached hydrogens (tertiary/aromatic N) is 1. The van der Waals surface area contributed by atoms with E-state index in [0.29, 0.717) is 12.5 Å². The summed E-state index contributed by atoms with van der Waals surface area (Å²) in [5.41, 5.74) is -0.641. The molecule has 1 rings (SSSR count). The SMILES string of the molecule is CN(CC1CCCC1O)CC(C)(C)O. The number of rotatable bonds is 4. The molecule has 1 saturated carbocycles. The van der Waals surface area contributed by atoms with Gasteiger partial charge in [-0.2, -0.15) is 0 Å². The summed E-state index contributed by atoms with van der Waals surface area (Å²) in [6.07, 6.45) is 3.08. The van der Waals surface area contributed by atoms with E-state index in [2.05, 4.69) is 4.90 Å². The Hall–Kier alpha value is -0.120. The maximum absolute atomic E-state index is 9.65. The molecular formula is C11H23NO2. The van der Waals surface area contributed by atoms with Gasteiger partial charge < -0.3 is 15.1 Å². The van der Waals surface area contributed by atoms with Gasteiger partial charge in [0.25, 0.3) is 0 Å². The monoisotopic (exact) mass is 201 g/mol. The van der Waals surface area contributed by atoms with Gasteiger partial charge in [0, 0.05) is 13.1 Å². The zero-order valence-electron chi connectivity index (χ0n) is 9.53. The van der Waals surface area contributed by atoms with Gasteiger partial charge in [-0.3, -0.25) is 0 Å². The Kier molecular flexibility index (Phi) is 3.93. The average Bonchev–Trinajstić information content (AvgIpc) is 2.32. The molecule has 3 heteroatoms. The normalized spacial score (nSPS) is 28.7. The Bertz CT molecular complexity index is 177. The minimum atomic E-state index is -0.641. The first-order chi connectivity index (χ1) is 6.38. The van der Waals surface area contributed by atoms with Crippen LogP contribution in [0.1, 0.15) is 33.1 Å². The first-order valence-corrected chi connectivity index (χ1v) is 5.47. The minimum Gasteiger partial charge on any atom is -0.393 e. The van der Waals surface area contributed by atoms with E-state index in [1.54, 1.807) is 0 Å². The van der Waals surface area contributed by atoms with Gasteiger partial charge in [-0.1, -0.05) is 6.42 Å². The molecule has 0 spiro atoms. The third kappa shape index (κ3) is 3.95. The Morgan fingerprint density at radius 2 is 2.00 bits per heavy atom. The summed E-state index contributed by atoms with van der Waals surface area (Å²) in [4.78, 5) is 2.11. The number of likely N-dealkylation sites (N-methyl/N-ethyl adjacent to an activating group) is 1. The van der Waals surface area contributed by atoms with Crippen molar-refractivity contribution in [1.82, 2.24) is 4.90 Å². The van der Waals surface area contributed by atoms with Crippen LogP contribution in [0.4, 0.5) is 0 Å². The van der Waals surface area contributed by atoms with Crippen LogP contribution in [-0.4, -0.2) is 47.0 Å². The van der Waals surface area contributed by atoms with Crippen molar-refractivity contribution in [3.05, 3.63) is 0 Å². The van der Waals surface area contributed by atoms with E-state index in [0.717, 1.165) is 25.8 Å². The van der Waals surface area contributed by atoms with Crippen molar-refractivity contribution in [2.75, 3.05) is 20.1 Å². The molecule has 0 amide bonds. The summed E-state index contributed by atoms with van der Waals surface area (Å²) in [5, 5.41) is 19.3. The molecule has 2 N–H and O–H groups in total. The van der Waals surface area contributed by atoms with Crippen molar-refractivity contribution in [3.8, 4) is 0 Å². The summed E-state index contributed by atoms with van der Waals surface area (Å²) >= 11 is 0. The fourth-order valence-electron chi connectivity index (χ4n) is 2.36. The lowest BCUT2D eigenvalue weighted by atomic mass is 10.0. The molecule has 0 aliphatic heterocycles. The van der Waals surface area contributed by atoms with Gasteiger partial charge in [0.2, 0.25) is 0 Å². The molecule has 2 unspecified atom stereocenters. The molecule has 0 radical (unpaired) electrons. The summed E-state index contributed by atoms with van der Waals surface area (Å²) in [6.45, 7) is 5.19. The van der Waals surface area contributed by atoms with Crippen LogP contribution in [0, 0.1) is 5.92 Å². The molecule has 0 aromatic carbocycles. The fraction of sp³-hybridized carbons (Fsp3) is 1.00. The summed E-state index contributed by atoms with van der Waals surface area (Å²) < 4.78 is 0. The van der Waals surface area contributed by atoms with Gasteiger partial charge in [-0.05, 0) is 39.7 Å². The van der Waals surface area contributed by atoms with Crippen molar-refractivity contribution in [2.24, 2.45) is 5.92 Å². The van der Waals surface area contributed by atoms with Crippen LogP contribution in [-0.2, 0) is 0 Å². The number of hydrogen-bond acceptors (Lipinski definition) is 3. The van der Waals surface area contributed by atoms with E-state index in [9.17, 15) is 10.2 Å². The zero-order chi connectivity index (χ0) is 10.8. The highest BCUT2D eigenvalue weighted by atomic mass is 16.3.